The molecule has 96 valence electrons. The summed E-state index contributed by atoms with van der Waals surface area (Å²) in [6.45, 7) is 11.3. The van der Waals surface area contributed by atoms with Gasteiger partial charge in [0.2, 0.25) is 0 Å². The first-order valence-corrected chi connectivity index (χ1v) is 7.53. The standard InChI is InChI=1S/C14H24N2S/c1-4-16-7-5-6-14(16)10-15-9-13-8-11(2)17-12(13)3/h8,14-15H,4-7,9-10H2,1-3H3. The molecule has 1 aliphatic heterocycles. The molecule has 3 heteroatoms. The van der Waals surface area contributed by atoms with E-state index in [1.807, 2.05) is 11.3 Å². The van der Waals surface area contributed by atoms with E-state index in [1.54, 1.807) is 0 Å². The highest BCUT2D eigenvalue weighted by molar-refractivity contribution is 7.12. The summed E-state index contributed by atoms with van der Waals surface area (Å²) in [5, 5.41) is 3.63. The Kier molecular flexibility index (Phi) is 4.60. The van der Waals surface area contributed by atoms with Crippen molar-refractivity contribution in [2.24, 2.45) is 0 Å². The molecule has 17 heavy (non-hydrogen) atoms. The van der Waals surface area contributed by atoms with Crippen molar-refractivity contribution in [3.8, 4) is 0 Å². The minimum absolute atomic E-state index is 0.764. The lowest BCUT2D eigenvalue weighted by atomic mass is 10.2. The summed E-state index contributed by atoms with van der Waals surface area (Å²) >= 11 is 1.91. The minimum Gasteiger partial charge on any atom is -0.311 e. The lowest BCUT2D eigenvalue weighted by molar-refractivity contribution is 0.260. The van der Waals surface area contributed by atoms with Crippen LogP contribution in [0.2, 0.25) is 0 Å². The number of thiophene rings is 1. The van der Waals surface area contributed by atoms with Gasteiger partial charge in [-0.05, 0) is 51.4 Å². The SMILES string of the molecule is CCN1CCCC1CNCc1cc(C)sc1C. The Balaban J connectivity index is 1.77. The second kappa shape index (κ2) is 5.98. The van der Waals surface area contributed by atoms with Crippen LogP contribution in [0.25, 0.3) is 0 Å². The maximum absolute atomic E-state index is 3.63. The maximum atomic E-state index is 3.63. The highest BCUT2D eigenvalue weighted by Crippen LogP contribution is 2.20. The van der Waals surface area contributed by atoms with Crippen LogP contribution in [0.3, 0.4) is 0 Å². The van der Waals surface area contributed by atoms with E-state index in [0.717, 1.165) is 19.1 Å². The zero-order chi connectivity index (χ0) is 12.3. The van der Waals surface area contributed by atoms with Gasteiger partial charge in [0.15, 0.2) is 0 Å². The van der Waals surface area contributed by atoms with Crippen LogP contribution in [0.5, 0.6) is 0 Å². The number of likely N-dealkylation sites (tertiary alicyclic amines) is 1. The van der Waals surface area contributed by atoms with E-state index in [-0.39, 0.29) is 0 Å². The molecule has 2 heterocycles. The van der Waals surface area contributed by atoms with Crippen LogP contribution in [0.15, 0.2) is 6.07 Å². The molecule has 2 nitrogen and oxygen atoms in total. The zero-order valence-corrected chi connectivity index (χ0v) is 12.1. The molecule has 0 bridgehead atoms. The lowest BCUT2D eigenvalue weighted by Crippen LogP contribution is -2.37. The van der Waals surface area contributed by atoms with Gasteiger partial charge in [-0.1, -0.05) is 6.92 Å². The van der Waals surface area contributed by atoms with Crippen molar-refractivity contribution in [1.82, 2.24) is 10.2 Å². The number of rotatable bonds is 5. The molecule has 0 aliphatic carbocycles. The summed E-state index contributed by atoms with van der Waals surface area (Å²) in [6.07, 6.45) is 2.74. The highest BCUT2D eigenvalue weighted by atomic mass is 32.1. The third-order valence-electron chi connectivity index (χ3n) is 3.74. The Bertz CT molecular complexity index is 359. The molecule has 0 spiro atoms. The second-order valence-corrected chi connectivity index (χ2v) is 6.45. The van der Waals surface area contributed by atoms with E-state index in [2.05, 4.69) is 37.1 Å². The maximum Gasteiger partial charge on any atom is 0.0221 e. The van der Waals surface area contributed by atoms with Crippen LogP contribution in [-0.2, 0) is 6.54 Å². The zero-order valence-electron chi connectivity index (χ0n) is 11.3. The Labute approximate surface area is 109 Å². The molecule has 2 rings (SSSR count). The van der Waals surface area contributed by atoms with Crippen molar-refractivity contribution >= 4 is 11.3 Å². The van der Waals surface area contributed by atoms with Gasteiger partial charge in [0.05, 0.1) is 0 Å². The first kappa shape index (κ1) is 13.1. The van der Waals surface area contributed by atoms with Gasteiger partial charge in [-0.2, -0.15) is 0 Å². The Hall–Kier alpha value is -0.380. The van der Waals surface area contributed by atoms with Gasteiger partial charge in [-0.3, -0.25) is 4.90 Å². The van der Waals surface area contributed by atoms with Crippen LogP contribution in [0, 0.1) is 13.8 Å². The van der Waals surface area contributed by atoms with E-state index >= 15 is 0 Å². The summed E-state index contributed by atoms with van der Waals surface area (Å²) in [7, 11) is 0. The van der Waals surface area contributed by atoms with E-state index < -0.39 is 0 Å². The van der Waals surface area contributed by atoms with Gasteiger partial charge in [-0.25, -0.2) is 0 Å². The summed E-state index contributed by atoms with van der Waals surface area (Å²) in [5.74, 6) is 0. The van der Waals surface area contributed by atoms with Gasteiger partial charge in [0, 0.05) is 28.9 Å². The molecule has 0 radical (unpaired) electrons. The first-order valence-electron chi connectivity index (χ1n) is 6.71. The van der Waals surface area contributed by atoms with Gasteiger partial charge in [0.25, 0.3) is 0 Å². The molecule has 1 aromatic rings. The molecule has 1 aromatic heterocycles. The Morgan fingerprint density at radius 1 is 1.47 bits per heavy atom. The fourth-order valence-corrected chi connectivity index (χ4v) is 3.72. The largest absolute Gasteiger partial charge is 0.311 e. The number of aryl methyl sites for hydroxylation is 2. The average molecular weight is 252 g/mol. The molecular weight excluding hydrogens is 228 g/mol. The third kappa shape index (κ3) is 3.30. The number of hydrogen-bond acceptors (Lipinski definition) is 3. The van der Waals surface area contributed by atoms with Gasteiger partial charge < -0.3 is 5.32 Å². The highest BCUT2D eigenvalue weighted by Gasteiger charge is 2.22. The molecule has 1 N–H and O–H groups in total. The molecule has 0 saturated carbocycles. The van der Waals surface area contributed by atoms with Crippen molar-refractivity contribution in [2.45, 2.75) is 46.2 Å². The van der Waals surface area contributed by atoms with Crippen LogP contribution < -0.4 is 5.32 Å². The van der Waals surface area contributed by atoms with Gasteiger partial charge in [0.1, 0.15) is 0 Å². The average Bonchev–Trinajstić information content (AvgIpc) is 2.86. The molecule has 1 unspecified atom stereocenters. The topological polar surface area (TPSA) is 15.3 Å². The van der Waals surface area contributed by atoms with Crippen molar-refractivity contribution in [3.05, 3.63) is 21.4 Å². The van der Waals surface area contributed by atoms with Crippen molar-refractivity contribution in [2.75, 3.05) is 19.6 Å². The fourth-order valence-electron chi connectivity index (χ4n) is 2.78. The monoisotopic (exact) mass is 252 g/mol. The number of likely N-dealkylation sites (N-methyl/N-ethyl adjacent to an activating group) is 1. The van der Waals surface area contributed by atoms with Crippen LogP contribution in [0.1, 0.15) is 35.1 Å². The summed E-state index contributed by atoms with van der Waals surface area (Å²) in [5.41, 5.74) is 1.48. The number of hydrogen-bond donors (Lipinski definition) is 1. The van der Waals surface area contributed by atoms with Crippen molar-refractivity contribution in [3.63, 3.8) is 0 Å². The molecule has 1 fully saturated rings. The summed E-state index contributed by atoms with van der Waals surface area (Å²) < 4.78 is 0. The number of nitrogens with zero attached hydrogens (tertiary/aromatic N) is 1. The normalized spacial score (nSPS) is 21.2. The fraction of sp³-hybridized carbons (Fsp3) is 0.714. The predicted octanol–water partition coefficient (Wildman–Crippen LogP) is 2.94. The van der Waals surface area contributed by atoms with Crippen LogP contribution >= 0.6 is 11.3 Å². The van der Waals surface area contributed by atoms with Crippen molar-refractivity contribution < 1.29 is 0 Å². The quantitative estimate of drug-likeness (QED) is 0.867. The first-order chi connectivity index (χ1) is 8.20. The molecule has 0 aromatic carbocycles. The van der Waals surface area contributed by atoms with Gasteiger partial charge >= 0.3 is 0 Å². The predicted molar refractivity (Wildman–Crippen MR) is 75.8 cm³/mol. The second-order valence-electron chi connectivity index (χ2n) is 4.99. The van der Waals surface area contributed by atoms with Gasteiger partial charge in [-0.15, -0.1) is 11.3 Å². The minimum atomic E-state index is 0.764. The Morgan fingerprint density at radius 2 is 2.29 bits per heavy atom. The molecule has 1 aliphatic rings. The molecule has 1 atom stereocenters. The van der Waals surface area contributed by atoms with E-state index in [9.17, 15) is 0 Å². The third-order valence-corrected chi connectivity index (χ3v) is 4.75. The summed E-state index contributed by atoms with van der Waals surface area (Å²) in [6, 6.07) is 3.08. The summed E-state index contributed by atoms with van der Waals surface area (Å²) in [4.78, 5) is 5.49. The van der Waals surface area contributed by atoms with E-state index in [0.29, 0.717) is 0 Å². The number of nitrogens with one attached hydrogen (secondary N) is 1. The molecule has 1 saturated heterocycles. The lowest BCUT2D eigenvalue weighted by Gasteiger charge is -2.22. The van der Waals surface area contributed by atoms with E-state index in [4.69, 9.17) is 0 Å². The molecular formula is C14H24N2S. The van der Waals surface area contributed by atoms with E-state index in [1.165, 1.54) is 41.2 Å². The van der Waals surface area contributed by atoms with Crippen molar-refractivity contribution in [1.29, 1.82) is 0 Å². The smallest absolute Gasteiger partial charge is 0.0221 e. The van der Waals surface area contributed by atoms with Crippen LogP contribution in [-0.4, -0.2) is 30.6 Å². The molecule has 0 amide bonds. The Morgan fingerprint density at radius 3 is 2.94 bits per heavy atom. The van der Waals surface area contributed by atoms with Crippen LogP contribution in [0.4, 0.5) is 0 Å².